The van der Waals surface area contributed by atoms with Crippen molar-refractivity contribution in [1.29, 1.82) is 0 Å². The van der Waals surface area contributed by atoms with Gasteiger partial charge in [-0.15, -0.1) is 0 Å². The van der Waals surface area contributed by atoms with Gasteiger partial charge in [-0.1, -0.05) is 0 Å². The number of rotatable bonds is 4. The van der Waals surface area contributed by atoms with Gasteiger partial charge in [-0.3, -0.25) is 9.59 Å². The molecular weight excluding hydrogens is 471 g/mol. The van der Waals surface area contributed by atoms with Crippen molar-refractivity contribution in [2.24, 2.45) is 5.92 Å². The first-order valence-electron chi connectivity index (χ1n) is 11.0. The van der Waals surface area contributed by atoms with Crippen LogP contribution in [-0.4, -0.2) is 73.6 Å². The minimum absolute atomic E-state index is 0.0219. The van der Waals surface area contributed by atoms with Crippen molar-refractivity contribution in [1.82, 2.24) is 14.1 Å². The highest BCUT2D eigenvalue weighted by Gasteiger charge is 2.36. The molecule has 1 unspecified atom stereocenters. The van der Waals surface area contributed by atoms with Crippen LogP contribution < -0.4 is 0 Å². The van der Waals surface area contributed by atoms with Crippen LogP contribution in [0.3, 0.4) is 0 Å². The summed E-state index contributed by atoms with van der Waals surface area (Å²) < 4.78 is 66.9. The standard InChI is InChI=1S/C23H24F3N3O4S/c24-18-4-6-19(7-5-18)34(32,33)29-9-1-2-17(15-29)23(31)28-12-10-27(11-13-28)22(30)16-3-8-20(25)21(26)14-16/h3-8,14,17H,1-2,9-13,15H2. The highest BCUT2D eigenvalue weighted by molar-refractivity contribution is 7.89. The van der Waals surface area contributed by atoms with Crippen molar-refractivity contribution >= 4 is 21.8 Å². The van der Waals surface area contributed by atoms with E-state index < -0.39 is 39.3 Å². The second-order valence-electron chi connectivity index (χ2n) is 8.40. The molecule has 0 saturated carbocycles. The van der Waals surface area contributed by atoms with Crippen LogP contribution in [0.2, 0.25) is 0 Å². The number of nitrogens with zero attached hydrogens (tertiary/aromatic N) is 3. The Hall–Kier alpha value is -2.92. The third-order valence-corrected chi connectivity index (χ3v) is 8.11. The molecule has 11 heteroatoms. The fraction of sp³-hybridized carbons (Fsp3) is 0.391. The van der Waals surface area contributed by atoms with Crippen molar-refractivity contribution in [2.45, 2.75) is 17.7 Å². The van der Waals surface area contributed by atoms with Crippen molar-refractivity contribution in [3.05, 3.63) is 65.5 Å². The molecule has 2 aromatic rings. The molecule has 0 N–H and O–H groups in total. The number of sulfonamides is 1. The van der Waals surface area contributed by atoms with Crippen LogP contribution in [0.25, 0.3) is 0 Å². The van der Waals surface area contributed by atoms with Gasteiger partial charge < -0.3 is 9.80 Å². The van der Waals surface area contributed by atoms with Crippen molar-refractivity contribution in [2.75, 3.05) is 39.3 Å². The average molecular weight is 496 g/mol. The molecule has 0 aliphatic carbocycles. The van der Waals surface area contributed by atoms with Crippen LogP contribution in [0.5, 0.6) is 0 Å². The van der Waals surface area contributed by atoms with E-state index >= 15 is 0 Å². The molecular formula is C23H24F3N3O4S. The number of piperidine rings is 1. The zero-order chi connectivity index (χ0) is 24.5. The number of hydrogen-bond donors (Lipinski definition) is 0. The van der Waals surface area contributed by atoms with E-state index in [1.807, 2.05) is 0 Å². The first kappa shape index (κ1) is 24.2. The Bertz CT molecular complexity index is 1180. The number of carbonyl (C=O) groups is 2. The second kappa shape index (κ2) is 9.75. The van der Waals surface area contributed by atoms with Gasteiger partial charge in [0.15, 0.2) is 11.6 Å². The highest BCUT2D eigenvalue weighted by atomic mass is 32.2. The largest absolute Gasteiger partial charge is 0.339 e. The lowest BCUT2D eigenvalue weighted by molar-refractivity contribution is -0.138. The molecule has 4 rings (SSSR count). The Labute approximate surface area is 195 Å². The Morgan fingerprint density at radius 1 is 0.824 bits per heavy atom. The summed E-state index contributed by atoms with van der Waals surface area (Å²) in [6, 6.07) is 7.56. The molecule has 0 bridgehead atoms. The maximum absolute atomic E-state index is 13.5. The molecule has 2 heterocycles. The molecule has 1 atom stereocenters. The number of carbonyl (C=O) groups excluding carboxylic acids is 2. The molecule has 2 aromatic carbocycles. The maximum Gasteiger partial charge on any atom is 0.254 e. The topological polar surface area (TPSA) is 78.0 Å². The third kappa shape index (κ3) is 4.95. The summed E-state index contributed by atoms with van der Waals surface area (Å²) in [5.41, 5.74) is 0.0348. The predicted molar refractivity (Wildman–Crippen MR) is 117 cm³/mol. The fourth-order valence-electron chi connectivity index (χ4n) is 4.32. The Morgan fingerprint density at radius 2 is 1.47 bits per heavy atom. The van der Waals surface area contributed by atoms with Gasteiger partial charge in [0.1, 0.15) is 5.82 Å². The molecule has 182 valence electrons. The second-order valence-corrected chi connectivity index (χ2v) is 10.3. The number of piperazine rings is 1. The van der Waals surface area contributed by atoms with Crippen LogP contribution in [0.15, 0.2) is 47.4 Å². The van der Waals surface area contributed by atoms with Crippen LogP contribution in [0.1, 0.15) is 23.2 Å². The van der Waals surface area contributed by atoms with Gasteiger partial charge in [0.05, 0.1) is 10.8 Å². The van der Waals surface area contributed by atoms with Gasteiger partial charge in [-0.05, 0) is 55.3 Å². The van der Waals surface area contributed by atoms with Crippen molar-refractivity contribution in [3.63, 3.8) is 0 Å². The molecule has 0 radical (unpaired) electrons. The van der Waals surface area contributed by atoms with Gasteiger partial charge in [-0.2, -0.15) is 4.31 Å². The SMILES string of the molecule is O=C(c1ccc(F)c(F)c1)N1CCN(C(=O)C2CCCN(S(=O)(=O)c3ccc(F)cc3)C2)CC1. The Kier molecular flexibility index (Phi) is 6.94. The lowest BCUT2D eigenvalue weighted by Gasteiger charge is -2.38. The lowest BCUT2D eigenvalue weighted by atomic mass is 9.97. The number of hydrogen-bond acceptors (Lipinski definition) is 4. The lowest BCUT2D eigenvalue weighted by Crippen LogP contribution is -2.54. The molecule has 0 aromatic heterocycles. The molecule has 2 aliphatic rings. The van der Waals surface area contributed by atoms with E-state index in [2.05, 4.69) is 0 Å². The zero-order valence-corrected chi connectivity index (χ0v) is 19.1. The first-order chi connectivity index (χ1) is 16.2. The van der Waals surface area contributed by atoms with Gasteiger partial charge in [0.2, 0.25) is 15.9 Å². The zero-order valence-electron chi connectivity index (χ0n) is 18.3. The smallest absolute Gasteiger partial charge is 0.254 e. The van der Waals surface area contributed by atoms with E-state index in [-0.39, 0.29) is 55.6 Å². The van der Waals surface area contributed by atoms with Gasteiger partial charge in [0, 0.05) is 44.8 Å². The summed E-state index contributed by atoms with van der Waals surface area (Å²) in [6.45, 7) is 1.29. The van der Waals surface area contributed by atoms with E-state index in [0.717, 1.165) is 24.3 Å². The van der Waals surface area contributed by atoms with Crippen molar-refractivity contribution in [3.8, 4) is 0 Å². The molecule has 0 spiro atoms. The number of benzene rings is 2. The summed E-state index contributed by atoms with van der Waals surface area (Å²) in [7, 11) is -3.85. The van der Waals surface area contributed by atoms with Crippen LogP contribution in [0, 0.1) is 23.4 Å². The van der Waals surface area contributed by atoms with E-state index in [4.69, 9.17) is 0 Å². The van der Waals surface area contributed by atoms with Gasteiger partial charge in [-0.25, -0.2) is 21.6 Å². The summed E-state index contributed by atoms with van der Waals surface area (Å²) >= 11 is 0. The number of amides is 2. The highest BCUT2D eigenvalue weighted by Crippen LogP contribution is 2.26. The van der Waals surface area contributed by atoms with Crippen molar-refractivity contribution < 1.29 is 31.2 Å². The minimum Gasteiger partial charge on any atom is -0.339 e. The van der Waals surface area contributed by atoms with Crippen LogP contribution in [0.4, 0.5) is 13.2 Å². The van der Waals surface area contributed by atoms with E-state index in [0.29, 0.717) is 12.8 Å². The molecule has 2 fully saturated rings. The summed E-state index contributed by atoms with van der Waals surface area (Å²) in [6.07, 6.45) is 1.06. The molecule has 2 saturated heterocycles. The monoisotopic (exact) mass is 495 g/mol. The molecule has 7 nitrogen and oxygen atoms in total. The first-order valence-corrected chi connectivity index (χ1v) is 12.4. The fourth-order valence-corrected chi connectivity index (χ4v) is 5.84. The predicted octanol–water partition coefficient (Wildman–Crippen LogP) is 2.49. The quantitative estimate of drug-likeness (QED) is 0.653. The van der Waals surface area contributed by atoms with E-state index in [1.54, 1.807) is 4.90 Å². The summed E-state index contributed by atoms with van der Waals surface area (Å²) in [5, 5.41) is 0. The number of halogens is 3. The van der Waals surface area contributed by atoms with E-state index in [9.17, 15) is 31.2 Å². The van der Waals surface area contributed by atoms with E-state index in [1.165, 1.54) is 27.4 Å². The third-order valence-electron chi connectivity index (χ3n) is 6.23. The maximum atomic E-state index is 13.5. The van der Waals surface area contributed by atoms with Gasteiger partial charge >= 0.3 is 0 Å². The Balaban J connectivity index is 1.36. The summed E-state index contributed by atoms with van der Waals surface area (Å²) in [4.78, 5) is 28.7. The molecule has 2 aliphatic heterocycles. The van der Waals surface area contributed by atoms with Crippen LogP contribution >= 0.6 is 0 Å². The molecule has 2 amide bonds. The minimum atomic E-state index is -3.85. The molecule has 34 heavy (non-hydrogen) atoms. The summed E-state index contributed by atoms with van der Waals surface area (Å²) in [5.74, 6) is -3.81. The van der Waals surface area contributed by atoms with Gasteiger partial charge in [0.25, 0.3) is 5.91 Å². The normalized spacial score (nSPS) is 19.8. The van der Waals surface area contributed by atoms with Crippen LogP contribution in [-0.2, 0) is 14.8 Å². The Morgan fingerprint density at radius 3 is 2.12 bits per heavy atom. The average Bonchev–Trinajstić information content (AvgIpc) is 2.85.